The molecule has 2 fully saturated rings. The highest BCUT2D eigenvalue weighted by Crippen LogP contribution is 2.70. The van der Waals surface area contributed by atoms with Crippen LogP contribution >= 0.6 is 0 Å². The van der Waals surface area contributed by atoms with Gasteiger partial charge < -0.3 is 10.0 Å². The summed E-state index contributed by atoms with van der Waals surface area (Å²) < 4.78 is 0. The summed E-state index contributed by atoms with van der Waals surface area (Å²) in [6, 6.07) is 0. The topological polar surface area (TPSA) is 23.5 Å². The molecule has 2 saturated carbocycles. The maximum atomic E-state index is 11.1. The minimum atomic E-state index is -0.407. The zero-order valence-electron chi connectivity index (χ0n) is 12.2. The van der Waals surface area contributed by atoms with Crippen molar-refractivity contribution in [3.05, 3.63) is 0 Å². The zero-order chi connectivity index (χ0) is 12.9. The summed E-state index contributed by atoms with van der Waals surface area (Å²) in [6.45, 7) is 8.16. The molecule has 0 amide bonds. The lowest BCUT2D eigenvalue weighted by molar-refractivity contribution is -0.0962. The molecule has 2 bridgehead atoms. The van der Waals surface area contributed by atoms with E-state index in [2.05, 4.69) is 39.8 Å². The van der Waals surface area contributed by atoms with E-state index < -0.39 is 5.60 Å². The predicted octanol–water partition coefficient (Wildman–Crippen LogP) is 2.91. The first-order valence-electron chi connectivity index (χ1n) is 7.10. The molecule has 17 heavy (non-hydrogen) atoms. The normalized spacial score (nSPS) is 43.6. The second-order valence-electron chi connectivity index (χ2n) is 7.43. The molecule has 0 aromatic rings. The van der Waals surface area contributed by atoms with Crippen LogP contribution in [0.1, 0.15) is 52.9 Å². The third-order valence-electron chi connectivity index (χ3n) is 6.24. The Morgan fingerprint density at radius 2 is 1.88 bits per heavy atom. The minimum Gasteiger partial charge on any atom is -0.389 e. The average molecular weight is 239 g/mol. The van der Waals surface area contributed by atoms with E-state index in [1.807, 2.05) is 0 Å². The summed E-state index contributed by atoms with van der Waals surface area (Å²) >= 11 is 0. The van der Waals surface area contributed by atoms with Crippen molar-refractivity contribution in [2.24, 2.45) is 16.7 Å². The van der Waals surface area contributed by atoms with E-state index in [1.165, 1.54) is 12.8 Å². The molecule has 2 aliphatic rings. The van der Waals surface area contributed by atoms with Crippen LogP contribution in [0.4, 0.5) is 0 Å². The van der Waals surface area contributed by atoms with E-state index in [4.69, 9.17) is 0 Å². The first-order valence-corrected chi connectivity index (χ1v) is 7.10. The molecule has 2 rings (SSSR count). The van der Waals surface area contributed by atoms with Crippen LogP contribution < -0.4 is 0 Å². The number of fused-ring (bicyclic) bond motifs is 2. The summed E-state index contributed by atoms with van der Waals surface area (Å²) in [6.07, 6.45) is 5.65. The molecule has 3 atom stereocenters. The van der Waals surface area contributed by atoms with Crippen molar-refractivity contribution < 1.29 is 5.11 Å². The van der Waals surface area contributed by atoms with E-state index in [-0.39, 0.29) is 5.41 Å². The highest BCUT2D eigenvalue weighted by atomic mass is 16.3. The first-order chi connectivity index (χ1) is 7.73. The molecule has 1 N–H and O–H groups in total. The van der Waals surface area contributed by atoms with Gasteiger partial charge in [-0.3, -0.25) is 0 Å². The molecule has 2 aliphatic carbocycles. The molecule has 0 saturated heterocycles. The van der Waals surface area contributed by atoms with Crippen LogP contribution in [0.5, 0.6) is 0 Å². The van der Waals surface area contributed by atoms with Crippen LogP contribution in [-0.2, 0) is 0 Å². The molecule has 1 unspecified atom stereocenters. The minimum absolute atomic E-state index is 0.136. The van der Waals surface area contributed by atoms with Gasteiger partial charge in [-0.15, -0.1) is 0 Å². The third kappa shape index (κ3) is 1.76. The van der Waals surface area contributed by atoms with Crippen LogP contribution in [0.25, 0.3) is 0 Å². The maximum Gasteiger partial charge on any atom is 0.0709 e. The van der Waals surface area contributed by atoms with Gasteiger partial charge >= 0.3 is 0 Å². The van der Waals surface area contributed by atoms with Crippen LogP contribution in [-0.4, -0.2) is 36.2 Å². The van der Waals surface area contributed by atoms with Crippen molar-refractivity contribution in [3.8, 4) is 0 Å². The van der Waals surface area contributed by atoms with Crippen molar-refractivity contribution in [1.29, 1.82) is 0 Å². The van der Waals surface area contributed by atoms with Gasteiger partial charge in [0, 0.05) is 5.41 Å². The standard InChI is InChI=1S/C15H29NO/c1-13(2)12-7-9-14(13,3)15(17,11-12)8-6-10-16(4)5/h12,17H,6-11H2,1-5H3/t12?,14-,15+/m1/s1. The number of hydrogen-bond acceptors (Lipinski definition) is 2. The second kappa shape index (κ2) is 3.96. The van der Waals surface area contributed by atoms with E-state index in [0.717, 1.165) is 31.7 Å². The highest BCUT2D eigenvalue weighted by Gasteiger charge is 2.67. The van der Waals surface area contributed by atoms with Gasteiger partial charge in [0.2, 0.25) is 0 Å². The van der Waals surface area contributed by atoms with Gasteiger partial charge in [-0.2, -0.15) is 0 Å². The largest absolute Gasteiger partial charge is 0.389 e. The van der Waals surface area contributed by atoms with Crippen LogP contribution in [0, 0.1) is 16.7 Å². The van der Waals surface area contributed by atoms with Crippen molar-refractivity contribution in [2.45, 2.75) is 58.5 Å². The molecule has 0 heterocycles. The van der Waals surface area contributed by atoms with Gasteiger partial charge in [0.1, 0.15) is 0 Å². The monoisotopic (exact) mass is 239 g/mol. The van der Waals surface area contributed by atoms with Gasteiger partial charge in [-0.25, -0.2) is 0 Å². The molecule has 0 aromatic heterocycles. The molecule has 2 nitrogen and oxygen atoms in total. The number of rotatable bonds is 4. The van der Waals surface area contributed by atoms with Gasteiger partial charge in [0.15, 0.2) is 0 Å². The Kier molecular flexibility index (Phi) is 3.11. The fourth-order valence-electron chi connectivity index (χ4n) is 4.48. The lowest BCUT2D eigenvalue weighted by Crippen LogP contribution is -2.47. The smallest absolute Gasteiger partial charge is 0.0709 e. The number of hydrogen-bond donors (Lipinski definition) is 1. The van der Waals surface area contributed by atoms with Gasteiger partial charge in [0.05, 0.1) is 5.60 Å². The maximum absolute atomic E-state index is 11.1. The molecule has 0 aliphatic heterocycles. The predicted molar refractivity (Wildman–Crippen MR) is 72.0 cm³/mol. The SMILES string of the molecule is CN(C)CCC[C@]1(O)CC2CC[C@]1(C)C2(C)C. The van der Waals surface area contributed by atoms with E-state index >= 15 is 0 Å². The summed E-state index contributed by atoms with van der Waals surface area (Å²) in [4.78, 5) is 2.21. The fourth-order valence-corrected chi connectivity index (χ4v) is 4.48. The molecule has 0 radical (unpaired) electrons. The van der Waals surface area contributed by atoms with Crippen molar-refractivity contribution >= 4 is 0 Å². The van der Waals surface area contributed by atoms with Crippen LogP contribution in [0.3, 0.4) is 0 Å². The molecule has 0 aromatic carbocycles. The van der Waals surface area contributed by atoms with Crippen molar-refractivity contribution in [3.63, 3.8) is 0 Å². The molecular weight excluding hydrogens is 210 g/mol. The summed E-state index contributed by atoms with van der Waals surface area (Å²) in [7, 11) is 4.22. The van der Waals surface area contributed by atoms with Crippen LogP contribution in [0.2, 0.25) is 0 Å². The van der Waals surface area contributed by atoms with Gasteiger partial charge in [-0.05, 0) is 64.1 Å². The highest BCUT2D eigenvalue weighted by molar-refractivity contribution is 5.17. The Balaban J connectivity index is 2.07. The Morgan fingerprint density at radius 3 is 2.29 bits per heavy atom. The Bertz CT molecular complexity index is 299. The summed E-state index contributed by atoms with van der Waals surface area (Å²) in [5.41, 5.74) is 0.0479. The molecule has 0 spiro atoms. The zero-order valence-corrected chi connectivity index (χ0v) is 12.2. The Morgan fingerprint density at radius 1 is 1.24 bits per heavy atom. The number of nitrogens with zero attached hydrogens (tertiary/aromatic N) is 1. The fraction of sp³-hybridized carbons (Fsp3) is 1.00. The second-order valence-corrected chi connectivity index (χ2v) is 7.43. The van der Waals surface area contributed by atoms with Gasteiger partial charge in [0.25, 0.3) is 0 Å². The first kappa shape index (κ1) is 13.4. The Labute approximate surface area is 106 Å². The molecule has 100 valence electrons. The van der Waals surface area contributed by atoms with Crippen molar-refractivity contribution in [1.82, 2.24) is 4.90 Å². The van der Waals surface area contributed by atoms with Crippen LogP contribution in [0.15, 0.2) is 0 Å². The lowest BCUT2D eigenvalue weighted by atomic mass is 9.63. The van der Waals surface area contributed by atoms with E-state index in [9.17, 15) is 5.11 Å². The van der Waals surface area contributed by atoms with Crippen molar-refractivity contribution in [2.75, 3.05) is 20.6 Å². The lowest BCUT2D eigenvalue weighted by Gasteiger charge is -2.45. The molecule has 2 heteroatoms. The average Bonchev–Trinajstić information content (AvgIpc) is 2.49. The Hall–Kier alpha value is -0.0800. The van der Waals surface area contributed by atoms with E-state index in [1.54, 1.807) is 0 Å². The third-order valence-corrected chi connectivity index (χ3v) is 6.24. The quantitative estimate of drug-likeness (QED) is 0.815. The number of aliphatic hydroxyl groups is 1. The molecular formula is C15H29NO. The van der Waals surface area contributed by atoms with Gasteiger partial charge in [-0.1, -0.05) is 20.8 Å². The summed E-state index contributed by atoms with van der Waals surface area (Å²) in [5.74, 6) is 0.733. The summed E-state index contributed by atoms with van der Waals surface area (Å²) in [5, 5.41) is 11.1. The van der Waals surface area contributed by atoms with E-state index in [0.29, 0.717) is 5.41 Å².